The van der Waals surface area contributed by atoms with Crippen molar-refractivity contribution < 1.29 is 14.3 Å². The molecule has 0 aliphatic rings. The van der Waals surface area contributed by atoms with Crippen molar-refractivity contribution in [3.63, 3.8) is 0 Å². The SMILES string of the molecule is COC(=O)c1ccc(NC(=O)CSc2nnc(-c3ccc(C)cc3)n2N)cc1. The van der Waals surface area contributed by atoms with Gasteiger partial charge in [0, 0.05) is 11.3 Å². The average Bonchev–Trinajstić information content (AvgIpc) is 3.07. The van der Waals surface area contributed by atoms with Crippen LogP contribution in [0.1, 0.15) is 15.9 Å². The lowest BCUT2D eigenvalue weighted by atomic mass is 10.1. The summed E-state index contributed by atoms with van der Waals surface area (Å²) >= 11 is 1.18. The zero-order valence-corrected chi connectivity index (χ0v) is 16.2. The second kappa shape index (κ2) is 8.57. The molecule has 0 unspecified atom stereocenters. The number of benzene rings is 2. The van der Waals surface area contributed by atoms with Crippen molar-refractivity contribution in [2.24, 2.45) is 0 Å². The summed E-state index contributed by atoms with van der Waals surface area (Å²) in [5.41, 5.74) is 2.97. The number of carbonyl (C=O) groups is 2. The summed E-state index contributed by atoms with van der Waals surface area (Å²) in [5, 5.41) is 11.3. The number of carbonyl (C=O) groups excluding carboxylic acids is 2. The monoisotopic (exact) mass is 397 g/mol. The Hall–Kier alpha value is -3.33. The van der Waals surface area contributed by atoms with Crippen LogP contribution >= 0.6 is 11.8 Å². The zero-order valence-electron chi connectivity index (χ0n) is 15.4. The predicted octanol–water partition coefficient (Wildman–Crippen LogP) is 2.48. The van der Waals surface area contributed by atoms with Gasteiger partial charge in [-0.2, -0.15) is 0 Å². The summed E-state index contributed by atoms with van der Waals surface area (Å²) in [6.07, 6.45) is 0. The molecule has 2 aromatic carbocycles. The van der Waals surface area contributed by atoms with E-state index >= 15 is 0 Å². The molecule has 0 aliphatic heterocycles. The minimum atomic E-state index is -0.430. The van der Waals surface area contributed by atoms with Crippen molar-refractivity contribution in [1.82, 2.24) is 14.9 Å². The maximum absolute atomic E-state index is 12.2. The summed E-state index contributed by atoms with van der Waals surface area (Å²) < 4.78 is 6.01. The number of nitrogens with one attached hydrogen (secondary N) is 1. The molecule has 9 heteroatoms. The van der Waals surface area contributed by atoms with Crippen LogP contribution in [0.5, 0.6) is 0 Å². The van der Waals surface area contributed by atoms with Crippen LogP contribution in [0, 0.1) is 6.92 Å². The molecule has 0 fully saturated rings. The van der Waals surface area contributed by atoms with E-state index in [1.807, 2.05) is 31.2 Å². The number of aromatic nitrogens is 3. The number of ether oxygens (including phenoxy) is 1. The van der Waals surface area contributed by atoms with E-state index in [1.54, 1.807) is 24.3 Å². The normalized spacial score (nSPS) is 10.5. The minimum Gasteiger partial charge on any atom is -0.465 e. The Morgan fingerprint density at radius 1 is 1.11 bits per heavy atom. The molecular weight excluding hydrogens is 378 g/mol. The first-order valence-corrected chi connectivity index (χ1v) is 9.35. The fourth-order valence-electron chi connectivity index (χ4n) is 2.41. The van der Waals surface area contributed by atoms with Crippen molar-refractivity contribution >= 4 is 29.3 Å². The Kier molecular flexibility index (Phi) is 5.95. The molecular formula is C19H19N5O3S. The first kappa shape index (κ1) is 19.4. The smallest absolute Gasteiger partial charge is 0.337 e. The van der Waals surface area contributed by atoms with Gasteiger partial charge in [-0.3, -0.25) is 4.79 Å². The maximum atomic E-state index is 12.2. The number of methoxy groups -OCH3 is 1. The molecule has 0 aliphatic carbocycles. The summed E-state index contributed by atoms with van der Waals surface area (Å²) in [6, 6.07) is 14.2. The van der Waals surface area contributed by atoms with Crippen LogP contribution in [-0.2, 0) is 9.53 Å². The van der Waals surface area contributed by atoms with Crippen LogP contribution < -0.4 is 11.2 Å². The molecule has 8 nitrogen and oxygen atoms in total. The van der Waals surface area contributed by atoms with Crippen LogP contribution in [0.2, 0.25) is 0 Å². The number of nitrogen functional groups attached to an aromatic ring is 1. The second-order valence-corrected chi connectivity index (χ2v) is 6.89. The quantitative estimate of drug-likeness (QED) is 0.373. The highest BCUT2D eigenvalue weighted by Gasteiger charge is 2.14. The summed E-state index contributed by atoms with van der Waals surface area (Å²) in [5.74, 6) is 6.05. The number of anilines is 1. The van der Waals surface area contributed by atoms with Crippen LogP contribution in [0.15, 0.2) is 53.7 Å². The highest BCUT2D eigenvalue weighted by atomic mass is 32.2. The van der Waals surface area contributed by atoms with E-state index in [0.29, 0.717) is 22.2 Å². The summed E-state index contributed by atoms with van der Waals surface area (Å²) in [7, 11) is 1.32. The van der Waals surface area contributed by atoms with E-state index in [2.05, 4.69) is 20.3 Å². The van der Waals surface area contributed by atoms with E-state index in [9.17, 15) is 9.59 Å². The van der Waals surface area contributed by atoms with E-state index in [0.717, 1.165) is 11.1 Å². The molecule has 3 N–H and O–H groups in total. The molecule has 0 saturated carbocycles. The fourth-order valence-corrected chi connectivity index (χ4v) is 3.07. The third kappa shape index (κ3) is 4.49. The average molecular weight is 397 g/mol. The number of esters is 1. The number of aryl methyl sites for hydroxylation is 1. The van der Waals surface area contributed by atoms with Gasteiger partial charge in [0.1, 0.15) is 0 Å². The van der Waals surface area contributed by atoms with Gasteiger partial charge >= 0.3 is 5.97 Å². The molecule has 1 amide bonds. The highest BCUT2D eigenvalue weighted by Crippen LogP contribution is 2.22. The molecule has 1 aromatic heterocycles. The lowest BCUT2D eigenvalue weighted by Gasteiger charge is -2.06. The third-order valence-electron chi connectivity index (χ3n) is 3.90. The van der Waals surface area contributed by atoms with Crippen molar-refractivity contribution in [3.05, 3.63) is 59.7 Å². The molecule has 0 atom stereocenters. The van der Waals surface area contributed by atoms with Gasteiger partial charge in [0.15, 0.2) is 5.82 Å². The lowest BCUT2D eigenvalue weighted by molar-refractivity contribution is -0.113. The van der Waals surface area contributed by atoms with Gasteiger partial charge in [-0.15, -0.1) is 10.2 Å². The number of nitrogens with two attached hydrogens (primary N) is 1. The standard InChI is InChI=1S/C19H19N5O3S/c1-12-3-5-13(6-4-12)17-22-23-19(24(17)20)28-11-16(25)21-15-9-7-14(8-10-15)18(26)27-2/h3-10H,11,20H2,1-2H3,(H,21,25). The Balaban J connectivity index is 1.59. The molecule has 1 heterocycles. The topological polar surface area (TPSA) is 112 Å². The number of amides is 1. The van der Waals surface area contributed by atoms with Crippen LogP contribution in [0.4, 0.5) is 5.69 Å². The largest absolute Gasteiger partial charge is 0.465 e. The van der Waals surface area contributed by atoms with Crippen molar-refractivity contribution in [2.45, 2.75) is 12.1 Å². The third-order valence-corrected chi connectivity index (χ3v) is 4.84. The van der Waals surface area contributed by atoms with Gasteiger partial charge in [0.2, 0.25) is 11.1 Å². The first-order chi connectivity index (χ1) is 13.5. The molecule has 0 radical (unpaired) electrons. The number of thioether (sulfide) groups is 1. The van der Waals surface area contributed by atoms with E-state index < -0.39 is 5.97 Å². The Bertz CT molecular complexity index is 984. The Morgan fingerprint density at radius 3 is 2.43 bits per heavy atom. The van der Waals surface area contributed by atoms with Crippen molar-refractivity contribution in [2.75, 3.05) is 24.0 Å². The number of hydrogen-bond donors (Lipinski definition) is 2. The van der Waals surface area contributed by atoms with Gasteiger partial charge in [-0.05, 0) is 31.2 Å². The zero-order chi connectivity index (χ0) is 20.1. The molecule has 0 saturated heterocycles. The van der Waals surface area contributed by atoms with E-state index in [-0.39, 0.29) is 11.7 Å². The number of rotatable bonds is 6. The highest BCUT2D eigenvalue weighted by molar-refractivity contribution is 7.99. The van der Waals surface area contributed by atoms with E-state index in [4.69, 9.17) is 5.84 Å². The van der Waals surface area contributed by atoms with Crippen LogP contribution in [0.3, 0.4) is 0 Å². The number of hydrogen-bond acceptors (Lipinski definition) is 7. The van der Waals surface area contributed by atoms with Gasteiger partial charge in [-0.1, -0.05) is 41.6 Å². The van der Waals surface area contributed by atoms with Gasteiger partial charge in [-0.25, -0.2) is 9.47 Å². The number of nitrogens with zero attached hydrogens (tertiary/aromatic N) is 3. The van der Waals surface area contributed by atoms with Gasteiger partial charge in [0.25, 0.3) is 0 Å². The lowest BCUT2D eigenvalue weighted by Crippen LogP contribution is -2.16. The van der Waals surface area contributed by atoms with E-state index in [1.165, 1.54) is 23.5 Å². The predicted molar refractivity (Wildman–Crippen MR) is 107 cm³/mol. The first-order valence-electron chi connectivity index (χ1n) is 8.36. The molecule has 0 spiro atoms. The van der Waals surface area contributed by atoms with Gasteiger partial charge < -0.3 is 15.9 Å². The van der Waals surface area contributed by atoms with Crippen molar-refractivity contribution in [1.29, 1.82) is 0 Å². The molecule has 28 heavy (non-hydrogen) atoms. The molecule has 3 aromatic rings. The van der Waals surface area contributed by atoms with Crippen molar-refractivity contribution in [3.8, 4) is 11.4 Å². The fraction of sp³-hybridized carbons (Fsp3) is 0.158. The second-order valence-electron chi connectivity index (χ2n) is 5.95. The molecule has 144 valence electrons. The summed E-state index contributed by atoms with van der Waals surface area (Å²) in [6.45, 7) is 2.00. The molecule has 3 rings (SSSR count). The van der Waals surface area contributed by atoms with Crippen LogP contribution in [0.25, 0.3) is 11.4 Å². The Morgan fingerprint density at radius 2 is 1.79 bits per heavy atom. The molecule has 0 bridgehead atoms. The van der Waals surface area contributed by atoms with Gasteiger partial charge in [0.05, 0.1) is 18.4 Å². The minimum absolute atomic E-state index is 0.113. The van der Waals surface area contributed by atoms with Crippen LogP contribution in [-0.4, -0.2) is 39.6 Å². The maximum Gasteiger partial charge on any atom is 0.337 e. The Labute approximate surface area is 166 Å². The summed E-state index contributed by atoms with van der Waals surface area (Å²) in [4.78, 5) is 23.6.